The summed E-state index contributed by atoms with van der Waals surface area (Å²) in [6, 6.07) is 47.4. The van der Waals surface area contributed by atoms with E-state index >= 15 is 0 Å². The Labute approximate surface area is 338 Å². The van der Waals surface area contributed by atoms with Gasteiger partial charge in [-0.25, -0.2) is 0 Å². The molecular formula is C55H36O4. The quantitative estimate of drug-likeness (QED) is 0.179. The van der Waals surface area contributed by atoms with Crippen LogP contribution in [-0.2, 0) is 0 Å². The molecule has 4 aromatic heterocycles. The topological polar surface area (TPSA) is 52.6 Å². The summed E-state index contributed by atoms with van der Waals surface area (Å²) in [6.07, 6.45) is 13.5. The lowest BCUT2D eigenvalue weighted by atomic mass is 9.82. The summed E-state index contributed by atoms with van der Waals surface area (Å²) in [5.74, 6) is 0.386. The van der Waals surface area contributed by atoms with E-state index in [1.165, 1.54) is 27.8 Å². The minimum atomic E-state index is 0.153. The molecule has 0 N–H and O–H groups in total. The van der Waals surface area contributed by atoms with Gasteiger partial charge in [0.2, 0.25) is 0 Å². The van der Waals surface area contributed by atoms with Gasteiger partial charge in [-0.15, -0.1) is 0 Å². The van der Waals surface area contributed by atoms with Crippen LogP contribution in [0.4, 0.5) is 0 Å². The maximum absolute atomic E-state index is 6.60. The van der Waals surface area contributed by atoms with E-state index in [1.807, 2.05) is 12.1 Å². The molecule has 0 saturated heterocycles. The summed E-state index contributed by atoms with van der Waals surface area (Å²) < 4.78 is 26.0. The molecule has 0 aliphatic heterocycles. The average Bonchev–Trinajstić information content (AvgIpc) is 4.05. The van der Waals surface area contributed by atoms with Gasteiger partial charge in [-0.3, -0.25) is 0 Å². The van der Waals surface area contributed by atoms with E-state index < -0.39 is 0 Å². The van der Waals surface area contributed by atoms with Crippen LogP contribution in [0.5, 0.6) is 0 Å². The van der Waals surface area contributed by atoms with Crippen molar-refractivity contribution in [2.24, 2.45) is 5.92 Å². The van der Waals surface area contributed by atoms with Crippen molar-refractivity contribution in [1.82, 2.24) is 0 Å². The maximum atomic E-state index is 6.60. The van der Waals surface area contributed by atoms with E-state index in [-0.39, 0.29) is 11.8 Å². The Bertz CT molecular complexity index is 3750. The van der Waals surface area contributed by atoms with E-state index in [0.29, 0.717) is 0 Å². The van der Waals surface area contributed by atoms with Crippen molar-refractivity contribution >= 4 is 94.5 Å². The zero-order valence-electron chi connectivity index (χ0n) is 32.3. The van der Waals surface area contributed by atoms with Gasteiger partial charge in [0.25, 0.3) is 0 Å². The largest absolute Gasteiger partial charge is 0.456 e. The lowest BCUT2D eigenvalue weighted by Crippen LogP contribution is -2.28. The highest BCUT2D eigenvalue weighted by molar-refractivity contribution is 6.26. The molecule has 0 saturated carbocycles. The van der Waals surface area contributed by atoms with Gasteiger partial charge in [-0.2, -0.15) is 0 Å². The summed E-state index contributed by atoms with van der Waals surface area (Å²) in [7, 11) is 0. The standard InChI is InChI=1S/C55H36O4/c1-31-25-51-43(55-50(59-51)24-23-49-54(55)41-28-36(16-19-45(41)57-49)33-11-6-3-7-12-33)30-39(31)38-14-8-13-34(26-38)37-17-20-46-42(29-37)53-48(58-46)22-21-47-52(53)40-27-35(15-18-44(40)56-47)32-9-4-2-5-10-32/h2-6,8-11,13-31,39H,7,12H2,1H3. The summed E-state index contributed by atoms with van der Waals surface area (Å²) in [4.78, 5) is 0. The van der Waals surface area contributed by atoms with Crippen molar-refractivity contribution in [1.29, 1.82) is 0 Å². The first kappa shape index (κ1) is 32.8. The Morgan fingerprint density at radius 2 is 1.00 bits per heavy atom. The van der Waals surface area contributed by atoms with Gasteiger partial charge in [0.1, 0.15) is 44.5 Å². The van der Waals surface area contributed by atoms with Crippen LogP contribution in [0.15, 0.2) is 169 Å². The first-order valence-corrected chi connectivity index (χ1v) is 20.6. The molecule has 0 radical (unpaired) electrons. The predicted octanol–water partition coefficient (Wildman–Crippen LogP) is 14.2. The minimum absolute atomic E-state index is 0.153. The molecule has 59 heavy (non-hydrogen) atoms. The number of allylic oxidation sites excluding steroid dienone is 4. The van der Waals surface area contributed by atoms with Gasteiger partial charge < -0.3 is 17.7 Å². The van der Waals surface area contributed by atoms with Crippen LogP contribution >= 0.6 is 0 Å². The molecule has 280 valence electrons. The Kier molecular flexibility index (Phi) is 6.86. The SMILES string of the molecule is CC1C=c2oc3ccc4oc5ccc(C6=CC=CCC6)cc5c4c3c2=CC1c1cccc(-c2ccc3oc4ccc5oc6ccc(-c7ccccc7)cc6c5c4c3c2)c1. The normalized spacial score (nSPS) is 16.7. The Morgan fingerprint density at radius 1 is 0.458 bits per heavy atom. The van der Waals surface area contributed by atoms with Crippen LogP contribution in [0.1, 0.15) is 36.8 Å². The van der Waals surface area contributed by atoms with Gasteiger partial charge >= 0.3 is 0 Å². The second kappa shape index (κ2) is 12.3. The number of hydrogen-bond donors (Lipinski definition) is 0. The molecule has 2 atom stereocenters. The minimum Gasteiger partial charge on any atom is -0.456 e. The Hall–Kier alpha value is -7.30. The van der Waals surface area contributed by atoms with Crippen molar-refractivity contribution in [3.8, 4) is 22.3 Å². The van der Waals surface area contributed by atoms with Gasteiger partial charge in [0.05, 0.1) is 0 Å². The highest BCUT2D eigenvalue weighted by Crippen LogP contribution is 2.43. The van der Waals surface area contributed by atoms with Crippen molar-refractivity contribution < 1.29 is 17.7 Å². The fraction of sp³-hybridized carbons (Fsp3) is 0.0909. The fourth-order valence-electron chi connectivity index (χ4n) is 9.95. The number of furan rings is 4. The van der Waals surface area contributed by atoms with Crippen molar-refractivity contribution in [2.75, 3.05) is 0 Å². The second-order valence-electron chi connectivity index (χ2n) is 16.3. The Balaban J connectivity index is 0.944. The van der Waals surface area contributed by atoms with Gasteiger partial charge in [-0.1, -0.05) is 104 Å². The number of hydrogen-bond acceptors (Lipinski definition) is 4. The van der Waals surface area contributed by atoms with Crippen LogP contribution in [0.25, 0.3) is 117 Å². The molecule has 2 aliphatic carbocycles. The molecule has 2 unspecified atom stereocenters. The summed E-state index contributed by atoms with van der Waals surface area (Å²) in [5, 5.41) is 8.87. The number of rotatable bonds is 4. The molecule has 0 spiro atoms. The van der Waals surface area contributed by atoms with Gasteiger partial charge in [0, 0.05) is 48.8 Å². The van der Waals surface area contributed by atoms with Crippen molar-refractivity contribution in [3.63, 3.8) is 0 Å². The van der Waals surface area contributed by atoms with Crippen LogP contribution in [-0.4, -0.2) is 0 Å². The maximum Gasteiger partial charge on any atom is 0.136 e. The highest BCUT2D eigenvalue weighted by Gasteiger charge is 2.24. The zero-order chi connectivity index (χ0) is 38.8. The molecule has 4 heteroatoms. The van der Waals surface area contributed by atoms with E-state index in [1.54, 1.807) is 0 Å². The lowest BCUT2D eigenvalue weighted by Gasteiger charge is -2.21. The monoisotopic (exact) mass is 760 g/mol. The third kappa shape index (κ3) is 4.96. The van der Waals surface area contributed by atoms with E-state index in [9.17, 15) is 0 Å². The molecule has 0 amide bonds. The summed E-state index contributed by atoms with van der Waals surface area (Å²) in [5.41, 5.74) is 15.6. The predicted molar refractivity (Wildman–Crippen MR) is 242 cm³/mol. The molecule has 4 nitrogen and oxygen atoms in total. The highest BCUT2D eigenvalue weighted by atomic mass is 16.3. The number of fused-ring (bicyclic) bond motifs is 14. The molecule has 0 fully saturated rings. The summed E-state index contributed by atoms with van der Waals surface area (Å²) in [6.45, 7) is 2.29. The molecule has 2 aliphatic rings. The molecule has 7 aromatic carbocycles. The number of benzene rings is 7. The van der Waals surface area contributed by atoms with Gasteiger partial charge in [-0.05, 0) is 124 Å². The lowest BCUT2D eigenvalue weighted by molar-refractivity contribution is 0.558. The third-order valence-electron chi connectivity index (χ3n) is 12.8. The molecule has 4 heterocycles. The van der Waals surface area contributed by atoms with E-state index in [0.717, 1.165) is 111 Å². The van der Waals surface area contributed by atoms with E-state index in [4.69, 9.17) is 17.7 Å². The van der Waals surface area contributed by atoms with Crippen molar-refractivity contribution in [2.45, 2.75) is 25.7 Å². The molecular weight excluding hydrogens is 725 g/mol. The van der Waals surface area contributed by atoms with Crippen LogP contribution in [0.2, 0.25) is 0 Å². The summed E-state index contributed by atoms with van der Waals surface area (Å²) >= 11 is 0. The first-order chi connectivity index (χ1) is 29.1. The average molecular weight is 761 g/mol. The molecule has 13 rings (SSSR count). The second-order valence-corrected chi connectivity index (χ2v) is 16.3. The molecule has 11 aromatic rings. The van der Waals surface area contributed by atoms with Crippen LogP contribution in [0, 0.1) is 5.92 Å². The van der Waals surface area contributed by atoms with E-state index in [2.05, 4.69) is 159 Å². The molecule has 0 bridgehead atoms. The van der Waals surface area contributed by atoms with Gasteiger partial charge in [0.15, 0.2) is 0 Å². The first-order valence-electron chi connectivity index (χ1n) is 20.6. The third-order valence-corrected chi connectivity index (χ3v) is 12.8. The van der Waals surface area contributed by atoms with Crippen LogP contribution in [0.3, 0.4) is 0 Å². The van der Waals surface area contributed by atoms with Crippen molar-refractivity contribution in [3.05, 3.63) is 173 Å². The zero-order valence-corrected chi connectivity index (χ0v) is 32.3. The smallest absolute Gasteiger partial charge is 0.136 e. The fourth-order valence-corrected chi connectivity index (χ4v) is 9.95. The van der Waals surface area contributed by atoms with Crippen LogP contribution < -0.4 is 10.6 Å². The Morgan fingerprint density at radius 3 is 1.64 bits per heavy atom.